The lowest BCUT2D eigenvalue weighted by Crippen LogP contribution is -2.04. The highest BCUT2D eigenvalue weighted by Crippen LogP contribution is 2.34. The molecule has 2 aromatic carbocycles. The van der Waals surface area contributed by atoms with Crippen LogP contribution < -0.4 is 4.74 Å². The second-order valence-corrected chi connectivity index (χ2v) is 7.90. The molecule has 0 aliphatic heterocycles. The van der Waals surface area contributed by atoms with Crippen LogP contribution >= 0.6 is 27.7 Å². The topological polar surface area (TPSA) is 66.8 Å². The first-order chi connectivity index (χ1) is 12.4. The monoisotopic (exact) mass is 438 g/mol. The fraction of sp³-hybridized carbons (Fsp3) is 0.350. The average molecular weight is 439 g/mol. The van der Waals surface area contributed by atoms with Crippen molar-refractivity contribution in [2.24, 2.45) is 0 Å². The Kier molecular flexibility index (Phi) is 7.85. The summed E-state index contributed by atoms with van der Waals surface area (Å²) in [5.41, 5.74) is 1.04. The van der Waals surface area contributed by atoms with Crippen LogP contribution in [-0.2, 0) is 6.42 Å². The lowest BCUT2D eigenvalue weighted by molar-refractivity contribution is 0.101. The molecule has 0 bridgehead atoms. The van der Waals surface area contributed by atoms with Gasteiger partial charge in [0.1, 0.15) is 17.2 Å². The number of Topliss-reactive ketones (excluding diaryl/α,β-unsaturated/α-hetero) is 1. The number of phenolic OH excluding ortho intramolecular Hbond substituents is 2. The Bertz CT molecular complexity index is 777. The van der Waals surface area contributed by atoms with Gasteiger partial charge in [-0.1, -0.05) is 13.3 Å². The summed E-state index contributed by atoms with van der Waals surface area (Å²) in [6.45, 7) is 4.00. The standard InChI is InChI=1S/C20H23BrO4S/c1-3-5-16-18(8-7-15(13(2)22)20(16)24)25-10-4-11-26-19-9-6-14(23)12-17(19)21/h6-9,12,23-24H,3-5,10-11H2,1-2H3. The van der Waals surface area contributed by atoms with Gasteiger partial charge in [0.05, 0.1) is 12.2 Å². The number of carbonyl (C=O) groups is 1. The highest BCUT2D eigenvalue weighted by atomic mass is 79.9. The molecular weight excluding hydrogens is 416 g/mol. The van der Waals surface area contributed by atoms with Gasteiger partial charge in [-0.15, -0.1) is 11.8 Å². The number of ketones is 1. The van der Waals surface area contributed by atoms with Crippen molar-refractivity contribution >= 4 is 33.5 Å². The molecule has 140 valence electrons. The summed E-state index contributed by atoms with van der Waals surface area (Å²) in [6, 6.07) is 8.61. The van der Waals surface area contributed by atoms with Gasteiger partial charge in [0, 0.05) is 20.7 Å². The predicted molar refractivity (Wildman–Crippen MR) is 109 cm³/mol. The highest BCUT2D eigenvalue weighted by molar-refractivity contribution is 9.10. The summed E-state index contributed by atoms with van der Waals surface area (Å²) in [7, 11) is 0. The third kappa shape index (κ3) is 5.42. The van der Waals surface area contributed by atoms with Gasteiger partial charge in [0.25, 0.3) is 0 Å². The molecule has 2 rings (SSSR count). The van der Waals surface area contributed by atoms with Crippen molar-refractivity contribution in [3.8, 4) is 17.2 Å². The number of benzene rings is 2. The Morgan fingerprint density at radius 1 is 1.23 bits per heavy atom. The van der Waals surface area contributed by atoms with Crippen molar-refractivity contribution in [3.05, 3.63) is 45.9 Å². The van der Waals surface area contributed by atoms with Crippen LogP contribution in [0, 0.1) is 0 Å². The van der Waals surface area contributed by atoms with E-state index in [1.54, 1.807) is 36.0 Å². The van der Waals surface area contributed by atoms with E-state index in [0.717, 1.165) is 28.0 Å². The number of phenols is 2. The number of carbonyl (C=O) groups excluding carboxylic acids is 1. The van der Waals surface area contributed by atoms with E-state index in [1.807, 2.05) is 13.0 Å². The van der Waals surface area contributed by atoms with Crippen molar-refractivity contribution in [1.29, 1.82) is 0 Å². The van der Waals surface area contributed by atoms with E-state index in [9.17, 15) is 15.0 Å². The van der Waals surface area contributed by atoms with Crippen LogP contribution in [0.3, 0.4) is 0 Å². The second-order valence-electron chi connectivity index (χ2n) is 5.91. The molecule has 0 heterocycles. The van der Waals surface area contributed by atoms with Crippen molar-refractivity contribution in [3.63, 3.8) is 0 Å². The van der Waals surface area contributed by atoms with E-state index in [0.29, 0.717) is 29.9 Å². The number of hydrogen-bond donors (Lipinski definition) is 2. The highest BCUT2D eigenvalue weighted by Gasteiger charge is 2.15. The molecule has 0 fully saturated rings. The molecule has 26 heavy (non-hydrogen) atoms. The second kappa shape index (κ2) is 9.88. The van der Waals surface area contributed by atoms with Crippen molar-refractivity contribution < 1.29 is 19.7 Å². The molecule has 0 aromatic heterocycles. The van der Waals surface area contributed by atoms with Gasteiger partial charge < -0.3 is 14.9 Å². The normalized spacial score (nSPS) is 10.7. The van der Waals surface area contributed by atoms with Gasteiger partial charge in [-0.05, 0) is 66.0 Å². The van der Waals surface area contributed by atoms with E-state index in [1.165, 1.54) is 6.92 Å². The summed E-state index contributed by atoms with van der Waals surface area (Å²) in [4.78, 5) is 12.7. The van der Waals surface area contributed by atoms with Crippen LogP contribution in [0.25, 0.3) is 0 Å². The molecule has 0 unspecified atom stereocenters. The van der Waals surface area contributed by atoms with Gasteiger partial charge in [-0.3, -0.25) is 4.79 Å². The molecule has 0 saturated carbocycles. The number of rotatable bonds is 9. The van der Waals surface area contributed by atoms with Gasteiger partial charge in [-0.2, -0.15) is 0 Å². The van der Waals surface area contributed by atoms with Gasteiger partial charge in [0.15, 0.2) is 5.78 Å². The lowest BCUT2D eigenvalue weighted by atomic mass is 10.0. The molecule has 0 spiro atoms. The maximum atomic E-state index is 11.6. The van der Waals surface area contributed by atoms with E-state index in [4.69, 9.17) is 4.74 Å². The van der Waals surface area contributed by atoms with E-state index >= 15 is 0 Å². The van der Waals surface area contributed by atoms with E-state index in [2.05, 4.69) is 15.9 Å². The first-order valence-corrected chi connectivity index (χ1v) is 10.3. The van der Waals surface area contributed by atoms with Crippen LogP contribution in [0.1, 0.15) is 42.6 Å². The minimum Gasteiger partial charge on any atom is -0.508 e. The fourth-order valence-electron chi connectivity index (χ4n) is 2.56. The van der Waals surface area contributed by atoms with Crippen molar-refractivity contribution in [2.75, 3.05) is 12.4 Å². The summed E-state index contributed by atoms with van der Waals surface area (Å²) in [6.07, 6.45) is 2.35. The third-order valence-electron chi connectivity index (χ3n) is 3.84. The number of halogens is 1. The first kappa shape index (κ1) is 20.6. The van der Waals surface area contributed by atoms with Gasteiger partial charge >= 0.3 is 0 Å². The largest absolute Gasteiger partial charge is 0.508 e. The fourth-order valence-corrected chi connectivity index (χ4v) is 4.11. The van der Waals surface area contributed by atoms with Crippen molar-refractivity contribution in [2.45, 2.75) is 38.0 Å². The summed E-state index contributed by atoms with van der Waals surface area (Å²) in [5, 5.41) is 19.8. The molecule has 0 aliphatic rings. The SMILES string of the molecule is CCCc1c(OCCCSc2ccc(O)cc2Br)ccc(C(C)=O)c1O. The van der Waals surface area contributed by atoms with E-state index < -0.39 is 0 Å². The number of hydrogen-bond acceptors (Lipinski definition) is 5. The molecule has 0 saturated heterocycles. The Hall–Kier alpha value is -1.66. The number of aromatic hydroxyl groups is 2. The Labute approximate surface area is 166 Å². The number of ether oxygens (including phenoxy) is 1. The summed E-state index contributed by atoms with van der Waals surface area (Å²) >= 11 is 5.12. The van der Waals surface area contributed by atoms with Crippen LogP contribution in [0.15, 0.2) is 39.7 Å². The van der Waals surface area contributed by atoms with Crippen molar-refractivity contribution in [1.82, 2.24) is 0 Å². The molecule has 2 N–H and O–H groups in total. The predicted octanol–water partition coefficient (Wildman–Crippen LogP) is 5.58. The molecule has 2 aromatic rings. The smallest absolute Gasteiger partial charge is 0.163 e. The summed E-state index contributed by atoms with van der Waals surface area (Å²) in [5.74, 6) is 1.64. The molecule has 4 nitrogen and oxygen atoms in total. The molecule has 0 amide bonds. The van der Waals surface area contributed by atoms with Gasteiger partial charge in [0.2, 0.25) is 0 Å². The van der Waals surface area contributed by atoms with Crippen LogP contribution in [0.2, 0.25) is 0 Å². The molecule has 6 heteroatoms. The molecule has 0 atom stereocenters. The zero-order valence-corrected chi connectivity index (χ0v) is 17.3. The minimum atomic E-state index is -0.151. The quantitative estimate of drug-likeness (QED) is 0.304. The van der Waals surface area contributed by atoms with E-state index in [-0.39, 0.29) is 17.3 Å². The zero-order chi connectivity index (χ0) is 19.1. The van der Waals surface area contributed by atoms with Crippen LogP contribution in [0.5, 0.6) is 17.2 Å². The molecular formula is C20H23BrO4S. The molecule has 0 radical (unpaired) electrons. The Balaban J connectivity index is 1.92. The Morgan fingerprint density at radius 2 is 2.00 bits per heavy atom. The zero-order valence-electron chi connectivity index (χ0n) is 14.9. The van der Waals surface area contributed by atoms with Crippen LogP contribution in [-0.4, -0.2) is 28.4 Å². The third-order valence-corrected chi connectivity index (χ3v) is 5.92. The lowest BCUT2D eigenvalue weighted by Gasteiger charge is -2.14. The first-order valence-electron chi connectivity index (χ1n) is 8.54. The Morgan fingerprint density at radius 3 is 2.65 bits per heavy atom. The van der Waals surface area contributed by atoms with Crippen LogP contribution in [0.4, 0.5) is 0 Å². The maximum absolute atomic E-state index is 11.6. The average Bonchev–Trinajstić information content (AvgIpc) is 2.58. The minimum absolute atomic E-state index is 0.0410. The molecule has 0 aliphatic carbocycles. The number of thioether (sulfide) groups is 1. The summed E-state index contributed by atoms with van der Waals surface area (Å²) < 4.78 is 6.73. The van der Waals surface area contributed by atoms with Gasteiger partial charge in [-0.25, -0.2) is 0 Å². The maximum Gasteiger partial charge on any atom is 0.163 e.